The Morgan fingerprint density at radius 2 is 1.96 bits per heavy atom. The summed E-state index contributed by atoms with van der Waals surface area (Å²) in [4.78, 5) is 12.7. The lowest BCUT2D eigenvalue weighted by molar-refractivity contribution is -0.123. The molecule has 1 atom stereocenters. The number of fused-ring (bicyclic) bond motifs is 1. The van der Waals surface area contributed by atoms with Crippen molar-refractivity contribution in [2.24, 2.45) is 0 Å². The first kappa shape index (κ1) is 15.4. The Bertz CT molecular complexity index is 876. The van der Waals surface area contributed by atoms with Crippen LogP contribution in [0.25, 0.3) is 5.69 Å². The molecule has 6 nitrogen and oxygen atoms in total. The Morgan fingerprint density at radius 3 is 2.84 bits per heavy atom. The largest absolute Gasteiger partial charge is 0.493 e. The molecular weight excluding hydrogens is 316 g/mol. The highest BCUT2D eigenvalue weighted by Crippen LogP contribution is 2.33. The predicted octanol–water partition coefficient (Wildman–Crippen LogP) is 2.45. The second-order valence-corrected chi connectivity index (χ2v) is 5.90. The van der Waals surface area contributed by atoms with E-state index in [1.165, 1.54) is 0 Å². The molecule has 0 aliphatic carbocycles. The maximum absolute atomic E-state index is 12.7. The topological polar surface area (TPSA) is 69.0 Å². The molecule has 0 fully saturated rings. The first-order valence-corrected chi connectivity index (χ1v) is 8.26. The van der Waals surface area contributed by atoms with Gasteiger partial charge in [0, 0.05) is 11.3 Å². The van der Waals surface area contributed by atoms with E-state index < -0.39 is 0 Å². The Morgan fingerprint density at radius 1 is 1.16 bits per heavy atom. The van der Waals surface area contributed by atoms with E-state index in [0.29, 0.717) is 25.4 Å². The molecule has 25 heavy (non-hydrogen) atoms. The highest BCUT2D eigenvalue weighted by molar-refractivity contribution is 5.84. The second-order valence-electron chi connectivity index (χ2n) is 5.90. The number of nitrogens with zero attached hydrogens (tertiary/aromatic N) is 3. The van der Waals surface area contributed by atoms with Crippen molar-refractivity contribution >= 4 is 5.91 Å². The van der Waals surface area contributed by atoms with Gasteiger partial charge in [0.15, 0.2) is 5.82 Å². The van der Waals surface area contributed by atoms with Gasteiger partial charge in [-0.1, -0.05) is 36.4 Å². The van der Waals surface area contributed by atoms with Gasteiger partial charge in [-0.05, 0) is 24.6 Å². The van der Waals surface area contributed by atoms with E-state index in [-0.39, 0.29) is 11.8 Å². The number of ether oxygens (including phenoxy) is 1. The monoisotopic (exact) mass is 334 g/mol. The molecule has 3 aromatic rings. The zero-order valence-corrected chi connectivity index (χ0v) is 13.6. The molecule has 0 radical (unpaired) electrons. The van der Waals surface area contributed by atoms with Crippen LogP contribution in [0.5, 0.6) is 5.75 Å². The van der Waals surface area contributed by atoms with Gasteiger partial charge in [0.05, 0.1) is 19.1 Å². The average molecular weight is 334 g/mol. The summed E-state index contributed by atoms with van der Waals surface area (Å²) in [5.41, 5.74) is 1.91. The van der Waals surface area contributed by atoms with Gasteiger partial charge in [-0.3, -0.25) is 9.36 Å². The van der Waals surface area contributed by atoms with Crippen molar-refractivity contribution in [3.63, 3.8) is 0 Å². The van der Waals surface area contributed by atoms with Gasteiger partial charge in [-0.15, -0.1) is 10.2 Å². The fourth-order valence-electron chi connectivity index (χ4n) is 3.09. The summed E-state index contributed by atoms with van der Waals surface area (Å²) in [7, 11) is 0. The van der Waals surface area contributed by atoms with E-state index in [2.05, 4.69) is 15.5 Å². The molecule has 1 aromatic heterocycles. The van der Waals surface area contributed by atoms with Crippen molar-refractivity contribution in [1.82, 2.24) is 20.1 Å². The second kappa shape index (κ2) is 6.76. The third kappa shape index (κ3) is 3.10. The van der Waals surface area contributed by atoms with Crippen LogP contribution in [0.1, 0.15) is 23.7 Å². The lowest BCUT2D eigenvalue weighted by atomic mass is 9.92. The number of rotatable bonds is 4. The number of carbonyl (C=O) groups is 1. The summed E-state index contributed by atoms with van der Waals surface area (Å²) < 4.78 is 7.50. The summed E-state index contributed by atoms with van der Waals surface area (Å²) in [6, 6.07) is 17.5. The average Bonchev–Trinajstić information content (AvgIpc) is 3.15. The first-order valence-electron chi connectivity index (χ1n) is 8.26. The molecule has 0 bridgehead atoms. The Hall–Kier alpha value is -3.15. The van der Waals surface area contributed by atoms with Gasteiger partial charge in [-0.25, -0.2) is 0 Å². The minimum Gasteiger partial charge on any atom is -0.493 e. The number of carbonyl (C=O) groups excluding carboxylic acids is 1. The zero-order valence-electron chi connectivity index (χ0n) is 13.6. The highest BCUT2D eigenvalue weighted by atomic mass is 16.5. The molecule has 1 amide bonds. The molecule has 0 spiro atoms. The number of nitrogens with one attached hydrogen (secondary N) is 1. The van der Waals surface area contributed by atoms with E-state index in [4.69, 9.17) is 4.74 Å². The number of amides is 1. The van der Waals surface area contributed by atoms with Crippen LogP contribution in [0.15, 0.2) is 60.9 Å². The molecule has 1 aliphatic rings. The number of hydrogen-bond donors (Lipinski definition) is 1. The summed E-state index contributed by atoms with van der Waals surface area (Å²) in [5, 5.41) is 11.1. The molecule has 126 valence electrons. The normalized spacial score (nSPS) is 15.9. The van der Waals surface area contributed by atoms with Crippen LogP contribution in [0.3, 0.4) is 0 Å². The van der Waals surface area contributed by atoms with Crippen molar-refractivity contribution in [3.05, 3.63) is 72.3 Å². The fourth-order valence-corrected chi connectivity index (χ4v) is 3.09. The molecule has 0 unspecified atom stereocenters. The minimum atomic E-state index is -0.196. The van der Waals surface area contributed by atoms with E-state index in [1.54, 1.807) is 6.33 Å². The Kier molecular flexibility index (Phi) is 4.16. The van der Waals surface area contributed by atoms with Crippen molar-refractivity contribution in [1.29, 1.82) is 0 Å². The van der Waals surface area contributed by atoms with Gasteiger partial charge >= 0.3 is 0 Å². The van der Waals surface area contributed by atoms with Crippen molar-refractivity contribution < 1.29 is 9.53 Å². The van der Waals surface area contributed by atoms with Gasteiger partial charge < -0.3 is 10.1 Å². The van der Waals surface area contributed by atoms with Crippen molar-refractivity contribution in [2.75, 3.05) is 6.61 Å². The van der Waals surface area contributed by atoms with Gasteiger partial charge in [-0.2, -0.15) is 0 Å². The lowest BCUT2D eigenvalue weighted by Crippen LogP contribution is -2.32. The number of benzene rings is 2. The fraction of sp³-hybridized carbons (Fsp3) is 0.211. The number of hydrogen-bond acceptors (Lipinski definition) is 4. The Labute approximate surface area is 145 Å². The van der Waals surface area contributed by atoms with Crippen LogP contribution in [0.2, 0.25) is 0 Å². The molecule has 2 heterocycles. The van der Waals surface area contributed by atoms with E-state index in [9.17, 15) is 4.79 Å². The molecule has 4 rings (SSSR count). The van der Waals surface area contributed by atoms with E-state index in [1.807, 2.05) is 59.2 Å². The Balaban J connectivity index is 1.48. The summed E-state index contributed by atoms with van der Waals surface area (Å²) in [5.74, 6) is 1.28. The third-order valence-corrected chi connectivity index (χ3v) is 4.35. The summed E-state index contributed by atoms with van der Waals surface area (Å²) in [6.07, 6.45) is 2.33. The highest BCUT2D eigenvalue weighted by Gasteiger charge is 2.27. The minimum absolute atomic E-state index is 0.0154. The molecular formula is C19H18N4O2. The summed E-state index contributed by atoms with van der Waals surface area (Å²) in [6.45, 7) is 0.878. The maximum atomic E-state index is 12.7. The standard InChI is InChI=1S/C19H18N4O2/c24-19(16-10-11-25-17-9-5-4-8-15(16)17)20-12-18-22-21-13-23(18)14-6-2-1-3-7-14/h1-9,13,16H,10-12H2,(H,20,24)/t16-/m1/s1. The third-order valence-electron chi connectivity index (χ3n) is 4.35. The van der Waals surface area contributed by atoms with E-state index >= 15 is 0 Å². The number of para-hydroxylation sites is 2. The molecule has 0 saturated carbocycles. The van der Waals surface area contributed by atoms with Gasteiger partial charge in [0.25, 0.3) is 0 Å². The van der Waals surface area contributed by atoms with Crippen LogP contribution < -0.4 is 10.1 Å². The van der Waals surface area contributed by atoms with Crippen molar-refractivity contribution in [3.8, 4) is 11.4 Å². The molecule has 1 aliphatic heterocycles. The quantitative estimate of drug-likeness (QED) is 0.796. The van der Waals surface area contributed by atoms with Crippen LogP contribution in [-0.2, 0) is 11.3 Å². The summed E-state index contributed by atoms with van der Waals surface area (Å²) >= 11 is 0. The van der Waals surface area contributed by atoms with Crippen LogP contribution in [-0.4, -0.2) is 27.3 Å². The maximum Gasteiger partial charge on any atom is 0.228 e. The number of aromatic nitrogens is 3. The molecule has 6 heteroatoms. The predicted molar refractivity (Wildman–Crippen MR) is 92.5 cm³/mol. The van der Waals surface area contributed by atoms with Gasteiger partial charge in [0.1, 0.15) is 12.1 Å². The van der Waals surface area contributed by atoms with Crippen LogP contribution >= 0.6 is 0 Å². The van der Waals surface area contributed by atoms with E-state index in [0.717, 1.165) is 17.0 Å². The molecule has 1 N–H and O–H groups in total. The lowest BCUT2D eigenvalue weighted by Gasteiger charge is -2.25. The zero-order chi connectivity index (χ0) is 17.1. The smallest absolute Gasteiger partial charge is 0.228 e. The molecule has 2 aromatic carbocycles. The van der Waals surface area contributed by atoms with Gasteiger partial charge in [0.2, 0.25) is 5.91 Å². The van der Waals surface area contributed by atoms with Crippen LogP contribution in [0.4, 0.5) is 0 Å². The first-order chi connectivity index (χ1) is 12.3. The van der Waals surface area contributed by atoms with Crippen LogP contribution in [0, 0.1) is 0 Å². The SMILES string of the molecule is O=C(NCc1nncn1-c1ccccc1)[C@@H]1CCOc2ccccc21. The molecule has 0 saturated heterocycles. The van der Waals surface area contributed by atoms with Crippen molar-refractivity contribution in [2.45, 2.75) is 18.9 Å².